The van der Waals surface area contributed by atoms with E-state index in [1.54, 1.807) is 11.3 Å². The van der Waals surface area contributed by atoms with Crippen LogP contribution < -0.4 is 16.0 Å². The van der Waals surface area contributed by atoms with Crippen LogP contribution in [-0.4, -0.2) is 56.9 Å². The molecule has 1 fully saturated rings. The molecule has 0 saturated carbocycles. The second-order valence-corrected chi connectivity index (χ2v) is 7.04. The highest BCUT2D eigenvalue weighted by molar-refractivity contribution is 7.19. The highest BCUT2D eigenvalue weighted by Crippen LogP contribution is 2.41. The largest absolute Gasteiger partial charge is 0.354 e. The molecule has 0 amide bonds. The minimum atomic E-state index is -0.249. The van der Waals surface area contributed by atoms with E-state index in [0.29, 0.717) is 0 Å². The van der Waals surface area contributed by atoms with Crippen LogP contribution in [0.5, 0.6) is 0 Å². The van der Waals surface area contributed by atoms with Crippen molar-refractivity contribution >= 4 is 39.8 Å². The first-order valence-electron chi connectivity index (χ1n) is 7.82. The summed E-state index contributed by atoms with van der Waals surface area (Å²) < 4.78 is 0. The van der Waals surface area contributed by atoms with Gasteiger partial charge < -0.3 is 20.9 Å². The summed E-state index contributed by atoms with van der Waals surface area (Å²) in [5.74, 6) is 1.05. The van der Waals surface area contributed by atoms with Gasteiger partial charge in [-0.2, -0.15) is 0 Å². The van der Waals surface area contributed by atoms with Crippen molar-refractivity contribution in [3.05, 3.63) is 16.5 Å². The molecule has 1 atom stereocenters. The molecule has 1 aliphatic rings. The lowest BCUT2D eigenvalue weighted by molar-refractivity contribution is 0.312. The Morgan fingerprint density at radius 2 is 2.09 bits per heavy atom. The highest BCUT2D eigenvalue weighted by Gasteiger charge is 2.21. The molecule has 1 aliphatic heterocycles. The summed E-state index contributed by atoms with van der Waals surface area (Å²) in [7, 11) is 4.00. The number of hydrogen-bond donors (Lipinski definition) is 2. The van der Waals surface area contributed by atoms with E-state index in [0.717, 1.165) is 52.8 Å². The number of aromatic nitrogens is 1. The molecule has 124 valence electrons. The number of aryl methyl sites for hydroxylation is 1. The average molecular weight is 332 g/mol. The maximum Gasteiger partial charge on any atom is 0.130 e. The fourth-order valence-corrected chi connectivity index (χ4v) is 4.18. The lowest BCUT2D eigenvalue weighted by atomic mass is 10.1. The lowest BCUT2D eigenvalue weighted by Crippen LogP contribution is -2.44. The number of piperazine rings is 1. The van der Waals surface area contributed by atoms with E-state index in [1.165, 1.54) is 5.56 Å². The van der Waals surface area contributed by atoms with Gasteiger partial charge in [-0.05, 0) is 39.4 Å². The minimum Gasteiger partial charge on any atom is -0.354 e. The van der Waals surface area contributed by atoms with E-state index < -0.39 is 0 Å². The van der Waals surface area contributed by atoms with Gasteiger partial charge in [0.1, 0.15) is 10.6 Å². The van der Waals surface area contributed by atoms with E-state index >= 15 is 0 Å². The Labute approximate surface area is 141 Å². The number of likely N-dealkylation sites (N-methyl/N-ethyl adjacent to an activating group) is 1. The normalized spacial score (nSPS) is 17.7. The van der Waals surface area contributed by atoms with Gasteiger partial charge >= 0.3 is 0 Å². The Kier molecular flexibility index (Phi) is 4.63. The predicted molar refractivity (Wildman–Crippen MR) is 99.3 cm³/mol. The Morgan fingerprint density at radius 1 is 1.39 bits per heavy atom. The molecule has 0 radical (unpaired) electrons. The molecule has 7 heteroatoms. The lowest BCUT2D eigenvalue weighted by Gasteiger charge is -2.33. The van der Waals surface area contributed by atoms with Gasteiger partial charge in [0.25, 0.3) is 0 Å². The molecule has 0 aliphatic carbocycles. The monoisotopic (exact) mass is 332 g/mol. The quantitative estimate of drug-likeness (QED) is 0.661. The van der Waals surface area contributed by atoms with Crippen molar-refractivity contribution in [3.63, 3.8) is 0 Å². The summed E-state index contributed by atoms with van der Waals surface area (Å²) in [5, 5.41) is 4.15. The summed E-state index contributed by atoms with van der Waals surface area (Å²) >= 11 is 1.60. The summed E-state index contributed by atoms with van der Waals surface area (Å²) in [5.41, 5.74) is 8.19. The molecule has 3 heterocycles. The topological polar surface area (TPSA) is 69.8 Å². The van der Waals surface area contributed by atoms with Crippen molar-refractivity contribution in [1.29, 1.82) is 0 Å². The Morgan fingerprint density at radius 3 is 2.70 bits per heavy atom. The standard InChI is InChI=1S/C16H24N6S/c1-10-9-11(22-7-5-21(4)6-8-22)20-16-12(10)13(18-2)14(23-16)15(17)19-3/h9,15,19H,2,5-8,17H2,1,3-4H3. The molecule has 0 aromatic carbocycles. The molecule has 1 unspecified atom stereocenters. The Hall–Kier alpha value is -1.54. The summed E-state index contributed by atoms with van der Waals surface area (Å²) in [6, 6.07) is 2.16. The van der Waals surface area contributed by atoms with Gasteiger partial charge in [0.2, 0.25) is 0 Å². The van der Waals surface area contributed by atoms with Crippen LogP contribution in [0.25, 0.3) is 10.2 Å². The molecular weight excluding hydrogens is 308 g/mol. The van der Waals surface area contributed by atoms with E-state index in [4.69, 9.17) is 10.7 Å². The van der Waals surface area contributed by atoms with Crippen molar-refractivity contribution in [2.24, 2.45) is 10.7 Å². The van der Waals surface area contributed by atoms with Crippen LogP contribution >= 0.6 is 11.3 Å². The van der Waals surface area contributed by atoms with E-state index in [-0.39, 0.29) is 6.17 Å². The van der Waals surface area contributed by atoms with Gasteiger partial charge in [-0.15, -0.1) is 11.3 Å². The number of anilines is 1. The zero-order valence-corrected chi connectivity index (χ0v) is 14.8. The Bertz CT molecular complexity index is 717. The van der Waals surface area contributed by atoms with Crippen molar-refractivity contribution in [3.8, 4) is 0 Å². The molecule has 2 aromatic heterocycles. The second kappa shape index (κ2) is 6.52. The summed E-state index contributed by atoms with van der Waals surface area (Å²) in [6.07, 6.45) is -0.249. The summed E-state index contributed by atoms with van der Waals surface area (Å²) in [6.45, 7) is 9.99. The molecule has 0 spiro atoms. The van der Waals surface area contributed by atoms with Gasteiger partial charge in [0.15, 0.2) is 0 Å². The zero-order valence-electron chi connectivity index (χ0n) is 14.0. The van der Waals surface area contributed by atoms with Gasteiger partial charge in [0.05, 0.1) is 16.7 Å². The van der Waals surface area contributed by atoms with Crippen LogP contribution in [0, 0.1) is 6.92 Å². The SMILES string of the molecule is C=Nc1c(C(N)NC)sc2nc(N3CCN(C)CC3)cc(C)c12. The fourth-order valence-electron chi connectivity index (χ4n) is 2.96. The number of rotatable bonds is 4. The number of nitrogens with two attached hydrogens (primary N) is 1. The maximum absolute atomic E-state index is 6.15. The average Bonchev–Trinajstić information content (AvgIpc) is 2.93. The fraction of sp³-hybridized carbons (Fsp3) is 0.500. The van der Waals surface area contributed by atoms with Crippen LogP contribution in [0.2, 0.25) is 0 Å². The number of nitrogens with zero attached hydrogens (tertiary/aromatic N) is 4. The maximum atomic E-state index is 6.15. The Balaban J connectivity index is 2.06. The minimum absolute atomic E-state index is 0.249. The third-order valence-electron chi connectivity index (χ3n) is 4.43. The number of hydrogen-bond acceptors (Lipinski definition) is 7. The predicted octanol–water partition coefficient (Wildman–Crippen LogP) is 1.87. The molecule has 1 saturated heterocycles. The molecule has 3 rings (SSSR count). The number of fused-ring (bicyclic) bond motifs is 1. The molecular formula is C16H24N6S. The van der Waals surface area contributed by atoms with Crippen molar-refractivity contribution in [2.45, 2.75) is 13.1 Å². The van der Waals surface area contributed by atoms with Gasteiger partial charge in [-0.1, -0.05) is 0 Å². The van der Waals surface area contributed by atoms with Gasteiger partial charge in [-0.3, -0.25) is 4.99 Å². The third kappa shape index (κ3) is 2.97. The van der Waals surface area contributed by atoms with Crippen LogP contribution in [-0.2, 0) is 0 Å². The highest BCUT2D eigenvalue weighted by atomic mass is 32.1. The molecule has 2 aromatic rings. The van der Waals surface area contributed by atoms with Gasteiger partial charge in [-0.25, -0.2) is 4.98 Å². The van der Waals surface area contributed by atoms with Crippen molar-refractivity contribution in [2.75, 3.05) is 45.2 Å². The van der Waals surface area contributed by atoms with Crippen LogP contribution in [0.15, 0.2) is 11.1 Å². The molecule has 3 N–H and O–H groups in total. The van der Waals surface area contributed by atoms with E-state index in [9.17, 15) is 0 Å². The van der Waals surface area contributed by atoms with Crippen LogP contribution in [0.1, 0.15) is 16.6 Å². The number of nitrogens with one attached hydrogen (secondary N) is 1. The van der Waals surface area contributed by atoms with Crippen molar-refractivity contribution < 1.29 is 0 Å². The second-order valence-electron chi connectivity index (χ2n) is 6.01. The first-order chi connectivity index (χ1) is 11.0. The first-order valence-corrected chi connectivity index (χ1v) is 8.64. The van der Waals surface area contributed by atoms with Gasteiger partial charge in [0, 0.05) is 31.6 Å². The summed E-state index contributed by atoms with van der Waals surface area (Å²) in [4.78, 5) is 15.8. The molecule has 23 heavy (non-hydrogen) atoms. The van der Waals surface area contributed by atoms with Crippen LogP contribution in [0.4, 0.5) is 11.5 Å². The number of thiophene rings is 1. The van der Waals surface area contributed by atoms with E-state index in [2.05, 4.69) is 46.9 Å². The smallest absolute Gasteiger partial charge is 0.130 e. The number of aliphatic imine (C=N–C) groups is 1. The van der Waals surface area contributed by atoms with E-state index in [1.807, 2.05) is 7.05 Å². The zero-order chi connectivity index (χ0) is 16.6. The first kappa shape index (κ1) is 16.3. The number of pyridine rings is 1. The van der Waals surface area contributed by atoms with Crippen molar-refractivity contribution in [1.82, 2.24) is 15.2 Å². The molecule has 6 nitrogen and oxygen atoms in total. The molecule has 0 bridgehead atoms. The van der Waals surface area contributed by atoms with Crippen LogP contribution in [0.3, 0.4) is 0 Å². The third-order valence-corrected chi connectivity index (χ3v) is 5.58.